The van der Waals surface area contributed by atoms with Crippen LogP contribution in [0.3, 0.4) is 0 Å². The first kappa shape index (κ1) is 22.4. The number of carboxylic acids is 1. The molecule has 0 aliphatic heterocycles. The van der Waals surface area contributed by atoms with E-state index in [0.717, 1.165) is 19.3 Å². The second-order valence-electron chi connectivity index (χ2n) is 7.94. The van der Waals surface area contributed by atoms with Crippen molar-refractivity contribution in [1.82, 2.24) is 10.6 Å². The van der Waals surface area contributed by atoms with Crippen molar-refractivity contribution in [2.24, 2.45) is 29.4 Å². The van der Waals surface area contributed by atoms with Crippen molar-refractivity contribution in [3.63, 3.8) is 0 Å². The molecule has 1 aliphatic carbocycles. The molecule has 1 rings (SSSR count). The first-order valence-electron chi connectivity index (χ1n) is 9.73. The number of carboxylic acid groups (broad SMARTS) is 1. The summed E-state index contributed by atoms with van der Waals surface area (Å²) in [5, 5.41) is 14.8. The van der Waals surface area contributed by atoms with Crippen molar-refractivity contribution in [3.8, 4) is 0 Å². The summed E-state index contributed by atoms with van der Waals surface area (Å²) in [5.41, 5.74) is 5.93. The van der Waals surface area contributed by atoms with E-state index in [4.69, 9.17) is 5.73 Å². The highest BCUT2D eigenvalue weighted by Crippen LogP contribution is 2.28. The molecule has 0 bridgehead atoms. The number of nitrogens with one attached hydrogen (secondary N) is 2. The van der Waals surface area contributed by atoms with E-state index in [2.05, 4.69) is 10.6 Å². The predicted molar refractivity (Wildman–Crippen MR) is 100 cm³/mol. The SMILES string of the molecule is CC[C@H](C)[C@H](N)C(=O)NCC1CCC(C(=O)N[C@@H](C(=O)O)C(C)C)CC1. The largest absolute Gasteiger partial charge is 0.480 e. The normalized spacial score (nSPS) is 23.8. The summed E-state index contributed by atoms with van der Waals surface area (Å²) >= 11 is 0. The Morgan fingerprint density at radius 1 is 1.12 bits per heavy atom. The van der Waals surface area contributed by atoms with Gasteiger partial charge in [0.2, 0.25) is 11.8 Å². The van der Waals surface area contributed by atoms with Gasteiger partial charge in [0.1, 0.15) is 6.04 Å². The van der Waals surface area contributed by atoms with Gasteiger partial charge in [-0.25, -0.2) is 4.79 Å². The number of carbonyl (C=O) groups excluding carboxylic acids is 2. The molecule has 26 heavy (non-hydrogen) atoms. The average molecular weight is 370 g/mol. The first-order valence-corrected chi connectivity index (χ1v) is 9.73. The zero-order valence-corrected chi connectivity index (χ0v) is 16.5. The molecular formula is C19H35N3O4. The summed E-state index contributed by atoms with van der Waals surface area (Å²) in [6.07, 6.45) is 3.98. The Morgan fingerprint density at radius 2 is 1.69 bits per heavy atom. The third kappa shape index (κ3) is 6.59. The van der Waals surface area contributed by atoms with Gasteiger partial charge in [-0.2, -0.15) is 0 Å². The van der Waals surface area contributed by atoms with E-state index in [9.17, 15) is 19.5 Å². The maximum atomic E-state index is 12.3. The van der Waals surface area contributed by atoms with Gasteiger partial charge in [-0.3, -0.25) is 9.59 Å². The van der Waals surface area contributed by atoms with Crippen LogP contribution in [-0.2, 0) is 14.4 Å². The van der Waals surface area contributed by atoms with E-state index in [-0.39, 0.29) is 29.6 Å². The lowest BCUT2D eigenvalue weighted by molar-refractivity contribution is -0.144. The standard InChI is InChI=1S/C19H35N3O4/c1-5-12(4)15(20)18(24)21-10-13-6-8-14(9-7-13)17(23)22-16(11(2)3)19(25)26/h11-16H,5-10,20H2,1-4H3,(H,21,24)(H,22,23)(H,25,26)/t12-,13?,14?,15-,16+/m0/s1. The first-order chi connectivity index (χ1) is 12.2. The minimum atomic E-state index is -0.998. The average Bonchev–Trinajstić information content (AvgIpc) is 2.62. The smallest absolute Gasteiger partial charge is 0.326 e. The Bertz CT molecular complexity index is 487. The maximum absolute atomic E-state index is 12.3. The van der Waals surface area contributed by atoms with Gasteiger partial charge in [-0.15, -0.1) is 0 Å². The van der Waals surface area contributed by atoms with E-state index in [0.29, 0.717) is 25.3 Å². The second kappa shape index (κ2) is 10.5. The maximum Gasteiger partial charge on any atom is 0.326 e. The van der Waals surface area contributed by atoms with Crippen molar-refractivity contribution in [2.75, 3.05) is 6.54 Å². The monoisotopic (exact) mass is 369 g/mol. The fraction of sp³-hybridized carbons (Fsp3) is 0.842. The van der Waals surface area contributed by atoms with Gasteiger partial charge in [0, 0.05) is 12.5 Å². The molecule has 150 valence electrons. The van der Waals surface area contributed by atoms with Crippen molar-refractivity contribution in [2.45, 2.75) is 71.9 Å². The molecule has 0 aromatic carbocycles. The molecule has 7 nitrogen and oxygen atoms in total. The molecule has 0 spiro atoms. The molecule has 0 radical (unpaired) electrons. The van der Waals surface area contributed by atoms with Crippen molar-refractivity contribution in [3.05, 3.63) is 0 Å². The third-order valence-electron chi connectivity index (χ3n) is 5.57. The Morgan fingerprint density at radius 3 is 2.15 bits per heavy atom. The fourth-order valence-electron chi connectivity index (χ4n) is 3.29. The molecule has 7 heteroatoms. The lowest BCUT2D eigenvalue weighted by Crippen LogP contribution is -2.48. The van der Waals surface area contributed by atoms with Crippen LogP contribution in [-0.4, -0.2) is 41.5 Å². The van der Waals surface area contributed by atoms with E-state index in [1.807, 2.05) is 13.8 Å². The molecule has 2 amide bonds. The van der Waals surface area contributed by atoms with Gasteiger partial charge in [-0.1, -0.05) is 34.1 Å². The summed E-state index contributed by atoms with van der Waals surface area (Å²) in [6.45, 7) is 8.13. The molecule has 5 N–H and O–H groups in total. The number of aliphatic carboxylic acids is 1. The van der Waals surface area contributed by atoms with Crippen LogP contribution in [0.1, 0.15) is 59.8 Å². The summed E-state index contributed by atoms with van der Waals surface area (Å²) < 4.78 is 0. The fourth-order valence-corrected chi connectivity index (χ4v) is 3.29. The second-order valence-corrected chi connectivity index (χ2v) is 7.94. The lowest BCUT2D eigenvalue weighted by Gasteiger charge is -2.29. The third-order valence-corrected chi connectivity index (χ3v) is 5.57. The van der Waals surface area contributed by atoms with E-state index >= 15 is 0 Å². The number of amides is 2. The number of hydrogen-bond acceptors (Lipinski definition) is 4. The van der Waals surface area contributed by atoms with Crippen LogP contribution in [0, 0.1) is 23.7 Å². The van der Waals surface area contributed by atoms with Gasteiger partial charge in [0.15, 0.2) is 0 Å². The lowest BCUT2D eigenvalue weighted by atomic mass is 9.81. The van der Waals surface area contributed by atoms with Crippen LogP contribution in [0.2, 0.25) is 0 Å². The highest BCUT2D eigenvalue weighted by atomic mass is 16.4. The van der Waals surface area contributed by atoms with Crippen LogP contribution in [0.15, 0.2) is 0 Å². The van der Waals surface area contributed by atoms with Crippen LogP contribution >= 0.6 is 0 Å². The minimum Gasteiger partial charge on any atom is -0.480 e. The summed E-state index contributed by atoms with van der Waals surface area (Å²) in [6, 6.07) is -1.33. The molecular weight excluding hydrogens is 334 g/mol. The molecule has 0 heterocycles. The van der Waals surface area contributed by atoms with Gasteiger partial charge in [-0.05, 0) is 43.4 Å². The highest BCUT2D eigenvalue weighted by molar-refractivity contribution is 5.85. The van der Waals surface area contributed by atoms with Gasteiger partial charge >= 0.3 is 5.97 Å². The van der Waals surface area contributed by atoms with Crippen LogP contribution < -0.4 is 16.4 Å². The quantitative estimate of drug-likeness (QED) is 0.491. The molecule has 1 fully saturated rings. The van der Waals surface area contributed by atoms with Crippen LogP contribution in [0.25, 0.3) is 0 Å². The molecule has 1 saturated carbocycles. The van der Waals surface area contributed by atoms with Gasteiger partial charge < -0.3 is 21.5 Å². The van der Waals surface area contributed by atoms with Gasteiger partial charge in [0.05, 0.1) is 6.04 Å². The molecule has 1 aliphatic rings. The molecule has 0 aromatic heterocycles. The van der Waals surface area contributed by atoms with Crippen LogP contribution in [0.5, 0.6) is 0 Å². The van der Waals surface area contributed by atoms with Crippen molar-refractivity contribution < 1.29 is 19.5 Å². The molecule has 0 saturated heterocycles. The van der Waals surface area contributed by atoms with Crippen LogP contribution in [0.4, 0.5) is 0 Å². The predicted octanol–water partition coefficient (Wildman–Crippen LogP) is 1.51. The number of rotatable bonds is 9. The zero-order chi connectivity index (χ0) is 19.9. The van der Waals surface area contributed by atoms with Gasteiger partial charge in [0.25, 0.3) is 0 Å². The Labute approximate surface area is 156 Å². The molecule has 0 aromatic rings. The summed E-state index contributed by atoms with van der Waals surface area (Å²) in [4.78, 5) is 35.6. The molecule has 3 atom stereocenters. The number of nitrogens with two attached hydrogens (primary N) is 1. The summed E-state index contributed by atoms with van der Waals surface area (Å²) in [5.74, 6) is -1.09. The Balaban J connectivity index is 2.39. The highest BCUT2D eigenvalue weighted by Gasteiger charge is 2.31. The molecule has 0 unspecified atom stereocenters. The van der Waals surface area contributed by atoms with E-state index in [1.54, 1.807) is 13.8 Å². The Kier molecular flexibility index (Phi) is 9.05. The summed E-state index contributed by atoms with van der Waals surface area (Å²) in [7, 11) is 0. The zero-order valence-electron chi connectivity index (χ0n) is 16.5. The van der Waals surface area contributed by atoms with Crippen molar-refractivity contribution >= 4 is 17.8 Å². The van der Waals surface area contributed by atoms with E-state index < -0.39 is 18.1 Å². The van der Waals surface area contributed by atoms with Crippen molar-refractivity contribution in [1.29, 1.82) is 0 Å². The topological polar surface area (TPSA) is 122 Å². The number of carbonyl (C=O) groups is 3. The number of hydrogen-bond donors (Lipinski definition) is 4. The van der Waals surface area contributed by atoms with E-state index in [1.165, 1.54) is 0 Å². The Hall–Kier alpha value is -1.63. The minimum absolute atomic E-state index is 0.111.